The van der Waals surface area contributed by atoms with Crippen LogP contribution in [-0.4, -0.2) is 11.5 Å². The number of rotatable bonds is 4. The van der Waals surface area contributed by atoms with Crippen LogP contribution in [0.1, 0.15) is 5.56 Å². The van der Waals surface area contributed by atoms with Gasteiger partial charge in [-0.3, -0.25) is 0 Å². The molecule has 0 aliphatic rings. The molecule has 0 saturated carbocycles. The molecular formula is C15H13BrN2S. The van der Waals surface area contributed by atoms with Gasteiger partial charge in [0, 0.05) is 11.0 Å². The number of nitrogens with one attached hydrogen (secondary N) is 1. The van der Waals surface area contributed by atoms with Gasteiger partial charge in [0.1, 0.15) is 0 Å². The molecule has 1 heterocycles. The normalized spacial score (nSPS) is 10.8. The second-order valence-electron chi connectivity index (χ2n) is 4.29. The minimum atomic E-state index is 0.908. The van der Waals surface area contributed by atoms with Gasteiger partial charge in [0.25, 0.3) is 0 Å². The first-order valence-electron chi connectivity index (χ1n) is 6.15. The highest BCUT2D eigenvalue weighted by Crippen LogP contribution is 2.28. The van der Waals surface area contributed by atoms with Gasteiger partial charge in [0.05, 0.1) is 10.2 Å². The summed E-state index contributed by atoms with van der Waals surface area (Å²) in [6.07, 6.45) is 1.01. The summed E-state index contributed by atoms with van der Waals surface area (Å²) in [6, 6.07) is 16.7. The van der Waals surface area contributed by atoms with Gasteiger partial charge in [0.15, 0.2) is 5.13 Å². The lowest BCUT2D eigenvalue weighted by molar-refractivity contribution is 1.02. The molecule has 96 valence electrons. The van der Waals surface area contributed by atoms with Gasteiger partial charge in [-0.2, -0.15) is 0 Å². The van der Waals surface area contributed by atoms with E-state index < -0.39 is 0 Å². The number of halogens is 1. The number of nitrogens with zero attached hydrogens (tertiary/aromatic N) is 1. The van der Waals surface area contributed by atoms with E-state index >= 15 is 0 Å². The molecule has 0 aliphatic heterocycles. The Balaban J connectivity index is 1.65. The van der Waals surface area contributed by atoms with Crippen LogP contribution < -0.4 is 5.32 Å². The van der Waals surface area contributed by atoms with Crippen LogP contribution >= 0.6 is 27.3 Å². The summed E-state index contributed by atoms with van der Waals surface area (Å²) in [7, 11) is 0. The van der Waals surface area contributed by atoms with E-state index in [-0.39, 0.29) is 0 Å². The van der Waals surface area contributed by atoms with Crippen molar-refractivity contribution in [2.45, 2.75) is 6.42 Å². The molecule has 0 amide bonds. The molecular weight excluding hydrogens is 320 g/mol. The maximum atomic E-state index is 4.57. The van der Waals surface area contributed by atoms with E-state index in [2.05, 4.69) is 56.6 Å². The summed E-state index contributed by atoms with van der Waals surface area (Å²) < 4.78 is 2.30. The van der Waals surface area contributed by atoms with Gasteiger partial charge < -0.3 is 5.32 Å². The first kappa shape index (κ1) is 12.6. The molecule has 19 heavy (non-hydrogen) atoms. The third-order valence-electron chi connectivity index (χ3n) is 2.88. The predicted octanol–water partition coefficient (Wildman–Crippen LogP) is 4.71. The van der Waals surface area contributed by atoms with Crippen molar-refractivity contribution in [2.75, 3.05) is 11.9 Å². The first-order chi connectivity index (χ1) is 9.31. The largest absolute Gasteiger partial charge is 0.361 e. The van der Waals surface area contributed by atoms with E-state index in [1.165, 1.54) is 10.3 Å². The minimum absolute atomic E-state index is 0.908. The average Bonchev–Trinajstić information content (AvgIpc) is 2.82. The van der Waals surface area contributed by atoms with Crippen molar-refractivity contribution in [1.82, 2.24) is 4.98 Å². The van der Waals surface area contributed by atoms with Crippen LogP contribution in [0, 0.1) is 0 Å². The molecule has 0 unspecified atom stereocenters. The van der Waals surface area contributed by atoms with Crippen molar-refractivity contribution in [1.29, 1.82) is 0 Å². The summed E-state index contributed by atoms with van der Waals surface area (Å²) in [5, 5.41) is 4.38. The monoisotopic (exact) mass is 332 g/mol. The second-order valence-corrected chi connectivity index (χ2v) is 6.24. The first-order valence-corrected chi connectivity index (χ1v) is 7.76. The zero-order valence-electron chi connectivity index (χ0n) is 10.3. The number of anilines is 1. The zero-order valence-corrected chi connectivity index (χ0v) is 12.7. The molecule has 0 saturated heterocycles. The maximum absolute atomic E-state index is 4.57. The Morgan fingerprint density at radius 3 is 2.79 bits per heavy atom. The molecule has 2 aromatic carbocycles. The standard InChI is InChI=1S/C15H13BrN2S/c16-12-6-7-13-14(10-12)19-15(18-13)17-9-8-11-4-2-1-3-5-11/h1-7,10H,8-9H2,(H,17,18). The van der Waals surface area contributed by atoms with Crippen molar-refractivity contribution in [3.63, 3.8) is 0 Å². The van der Waals surface area contributed by atoms with Crippen molar-refractivity contribution < 1.29 is 0 Å². The molecule has 0 aliphatic carbocycles. The maximum Gasteiger partial charge on any atom is 0.183 e. The summed E-state index contributed by atoms with van der Waals surface area (Å²) in [5.74, 6) is 0. The van der Waals surface area contributed by atoms with Gasteiger partial charge in [-0.25, -0.2) is 4.98 Å². The van der Waals surface area contributed by atoms with Gasteiger partial charge in [-0.05, 0) is 30.2 Å². The highest BCUT2D eigenvalue weighted by atomic mass is 79.9. The van der Waals surface area contributed by atoms with Crippen LogP contribution in [0.15, 0.2) is 53.0 Å². The Bertz CT molecular complexity index is 679. The number of benzene rings is 2. The molecule has 0 radical (unpaired) electrons. The molecule has 0 bridgehead atoms. The molecule has 0 atom stereocenters. The Labute approximate surface area is 124 Å². The lowest BCUT2D eigenvalue weighted by Gasteiger charge is -2.02. The number of hydrogen-bond acceptors (Lipinski definition) is 3. The van der Waals surface area contributed by atoms with Crippen molar-refractivity contribution >= 4 is 42.6 Å². The fourth-order valence-electron chi connectivity index (χ4n) is 1.93. The number of thiazole rings is 1. The Morgan fingerprint density at radius 1 is 1.11 bits per heavy atom. The molecule has 3 aromatic rings. The summed E-state index contributed by atoms with van der Waals surface area (Å²) in [4.78, 5) is 4.57. The summed E-state index contributed by atoms with van der Waals surface area (Å²) >= 11 is 5.18. The third kappa shape index (κ3) is 3.14. The third-order valence-corrected chi connectivity index (χ3v) is 4.35. The van der Waals surface area contributed by atoms with Gasteiger partial charge in [-0.15, -0.1) is 0 Å². The highest BCUT2D eigenvalue weighted by molar-refractivity contribution is 9.10. The van der Waals surface area contributed by atoms with E-state index in [0.29, 0.717) is 0 Å². The fourth-order valence-corrected chi connectivity index (χ4v) is 3.38. The summed E-state index contributed by atoms with van der Waals surface area (Å²) in [6.45, 7) is 0.908. The van der Waals surface area contributed by atoms with Crippen LogP contribution in [-0.2, 0) is 6.42 Å². The van der Waals surface area contributed by atoms with Crippen LogP contribution in [0.5, 0.6) is 0 Å². The van der Waals surface area contributed by atoms with Crippen LogP contribution in [0.3, 0.4) is 0 Å². The fraction of sp³-hybridized carbons (Fsp3) is 0.133. The van der Waals surface area contributed by atoms with Gasteiger partial charge in [-0.1, -0.05) is 57.6 Å². The topological polar surface area (TPSA) is 24.9 Å². The number of aromatic nitrogens is 1. The summed E-state index contributed by atoms with van der Waals surface area (Å²) in [5.41, 5.74) is 2.40. The molecule has 0 fully saturated rings. The van der Waals surface area contributed by atoms with Crippen molar-refractivity contribution in [3.8, 4) is 0 Å². The van der Waals surface area contributed by atoms with E-state index in [1.807, 2.05) is 18.2 Å². The second kappa shape index (κ2) is 5.72. The lowest BCUT2D eigenvalue weighted by atomic mass is 10.2. The molecule has 3 rings (SSSR count). The average molecular weight is 333 g/mol. The Kier molecular flexibility index (Phi) is 3.80. The van der Waals surface area contributed by atoms with E-state index in [9.17, 15) is 0 Å². The van der Waals surface area contributed by atoms with Crippen LogP contribution in [0.2, 0.25) is 0 Å². The van der Waals surface area contributed by atoms with E-state index in [0.717, 1.165) is 28.1 Å². The molecule has 1 N–H and O–H groups in total. The van der Waals surface area contributed by atoms with E-state index in [4.69, 9.17) is 0 Å². The lowest BCUT2D eigenvalue weighted by Crippen LogP contribution is -2.04. The van der Waals surface area contributed by atoms with Crippen molar-refractivity contribution in [2.24, 2.45) is 0 Å². The van der Waals surface area contributed by atoms with Crippen LogP contribution in [0.25, 0.3) is 10.2 Å². The molecule has 1 aromatic heterocycles. The molecule has 2 nitrogen and oxygen atoms in total. The predicted molar refractivity (Wildman–Crippen MR) is 86.0 cm³/mol. The highest BCUT2D eigenvalue weighted by Gasteiger charge is 2.03. The zero-order chi connectivity index (χ0) is 13.1. The van der Waals surface area contributed by atoms with Crippen LogP contribution in [0.4, 0.5) is 5.13 Å². The van der Waals surface area contributed by atoms with E-state index in [1.54, 1.807) is 11.3 Å². The Morgan fingerprint density at radius 2 is 1.95 bits per heavy atom. The number of hydrogen-bond donors (Lipinski definition) is 1. The Hall–Kier alpha value is -1.39. The quantitative estimate of drug-likeness (QED) is 0.748. The van der Waals surface area contributed by atoms with Gasteiger partial charge >= 0.3 is 0 Å². The SMILES string of the molecule is Brc1ccc2nc(NCCc3ccccc3)sc2c1. The number of fused-ring (bicyclic) bond motifs is 1. The van der Waals surface area contributed by atoms with Gasteiger partial charge in [0.2, 0.25) is 0 Å². The smallest absolute Gasteiger partial charge is 0.183 e. The molecule has 0 spiro atoms. The minimum Gasteiger partial charge on any atom is -0.361 e. The van der Waals surface area contributed by atoms with Crippen molar-refractivity contribution in [3.05, 3.63) is 58.6 Å². The molecule has 4 heteroatoms.